The maximum atomic E-state index is 11.7. The third kappa shape index (κ3) is 6.20. The van der Waals surface area contributed by atoms with Crippen LogP contribution in [0.1, 0.15) is 36.0 Å². The lowest BCUT2D eigenvalue weighted by atomic mass is 10.2. The first-order chi connectivity index (χ1) is 11.2. The standard InChI is InChI=1S/C17H21N3O2S/c1-3-4-9-22-16-7-5-14(6-8-16)11-18-20-17(21)10-15-12-23-13(2)19-15/h5-8,11-12H,3-4,9-10H2,1-2H3,(H,20,21)/b18-11-. The number of rotatable bonds is 8. The summed E-state index contributed by atoms with van der Waals surface area (Å²) in [4.78, 5) is 16.0. The summed E-state index contributed by atoms with van der Waals surface area (Å²) in [5, 5.41) is 6.80. The highest BCUT2D eigenvalue weighted by Crippen LogP contribution is 2.11. The number of hydrogen-bond donors (Lipinski definition) is 1. The van der Waals surface area contributed by atoms with E-state index in [4.69, 9.17) is 4.74 Å². The predicted molar refractivity (Wildman–Crippen MR) is 93.1 cm³/mol. The van der Waals surface area contributed by atoms with Crippen LogP contribution in [0.25, 0.3) is 0 Å². The molecule has 1 aromatic heterocycles. The number of benzene rings is 1. The van der Waals surface area contributed by atoms with Crippen LogP contribution < -0.4 is 10.2 Å². The first-order valence-corrected chi connectivity index (χ1v) is 8.51. The second kappa shape index (κ2) is 9.05. The average Bonchev–Trinajstić information content (AvgIpc) is 2.94. The Bertz CT molecular complexity index is 650. The Morgan fingerprint density at radius 2 is 2.17 bits per heavy atom. The quantitative estimate of drug-likeness (QED) is 0.458. The number of hydrogen-bond acceptors (Lipinski definition) is 5. The van der Waals surface area contributed by atoms with Gasteiger partial charge in [-0.05, 0) is 43.2 Å². The normalized spacial score (nSPS) is 10.9. The molecule has 0 aliphatic rings. The van der Waals surface area contributed by atoms with Gasteiger partial charge in [0, 0.05) is 5.38 Å². The molecule has 0 unspecified atom stereocenters. The molecule has 122 valence electrons. The minimum absolute atomic E-state index is 0.175. The van der Waals surface area contributed by atoms with Gasteiger partial charge in [0.15, 0.2) is 0 Å². The lowest BCUT2D eigenvalue weighted by Gasteiger charge is -2.04. The van der Waals surface area contributed by atoms with Crippen LogP contribution in [-0.4, -0.2) is 23.7 Å². The van der Waals surface area contributed by atoms with Crippen molar-refractivity contribution in [3.63, 3.8) is 0 Å². The summed E-state index contributed by atoms with van der Waals surface area (Å²) in [5.41, 5.74) is 4.18. The Morgan fingerprint density at radius 3 is 2.83 bits per heavy atom. The van der Waals surface area contributed by atoms with Gasteiger partial charge in [0.25, 0.3) is 0 Å². The van der Waals surface area contributed by atoms with Gasteiger partial charge >= 0.3 is 0 Å². The van der Waals surface area contributed by atoms with Gasteiger partial charge < -0.3 is 4.74 Å². The summed E-state index contributed by atoms with van der Waals surface area (Å²) in [7, 11) is 0. The molecule has 5 nitrogen and oxygen atoms in total. The lowest BCUT2D eigenvalue weighted by Crippen LogP contribution is -2.19. The minimum Gasteiger partial charge on any atom is -0.494 e. The Labute approximate surface area is 140 Å². The average molecular weight is 331 g/mol. The fourth-order valence-corrected chi connectivity index (χ4v) is 2.47. The molecule has 0 bridgehead atoms. The molecule has 0 aliphatic carbocycles. The first-order valence-electron chi connectivity index (χ1n) is 7.63. The molecule has 6 heteroatoms. The van der Waals surface area contributed by atoms with Gasteiger partial charge in [0.2, 0.25) is 5.91 Å². The largest absolute Gasteiger partial charge is 0.494 e. The van der Waals surface area contributed by atoms with Crippen molar-refractivity contribution in [1.29, 1.82) is 0 Å². The van der Waals surface area contributed by atoms with Crippen molar-refractivity contribution < 1.29 is 9.53 Å². The summed E-state index contributed by atoms with van der Waals surface area (Å²) in [6.45, 7) is 4.78. The molecule has 0 saturated carbocycles. The number of thiazole rings is 1. The van der Waals surface area contributed by atoms with E-state index in [0.717, 1.165) is 41.5 Å². The van der Waals surface area contributed by atoms with Gasteiger partial charge in [-0.25, -0.2) is 10.4 Å². The lowest BCUT2D eigenvalue weighted by molar-refractivity contribution is -0.120. The molecule has 0 spiro atoms. The van der Waals surface area contributed by atoms with Crippen molar-refractivity contribution >= 4 is 23.5 Å². The van der Waals surface area contributed by atoms with E-state index in [1.807, 2.05) is 36.6 Å². The molecule has 23 heavy (non-hydrogen) atoms. The van der Waals surface area contributed by atoms with E-state index in [9.17, 15) is 4.79 Å². The third-order valence-electron chi connectivity index (χ3n) is 3.06. The van der Waals surface area contributed by atoms with Crippen molar-refractivity contribution in [2.45, 2.75) is 33.1 Å². The van der Waals surface area contributed by atoms with Crippen molar-refractivity contribution in [3.05, 3.63) is 45.9 Å². The molecule has 0 saturated heterocycles. The van der Waals surface area contributed by atoms with Gasteiger partial charge in [-0.3, -0.25) is 4.79 Å². The summed E-state index contributed by atoms with van der Waals surface area (Å²) in [5.74, 6) is 0.671. The maximum Gasteiger partial charge on any atom is 0.246 e. The summed E-state index contributed by atoms with van der Waals surface area (Å²) < 4.78 is 5.59. The van der Waals surface area contributed by atoms with E-state index in [1.165, 1.54) is 11.3 Å². The van der Waals surface area contributed by atoms with Crippen LogP contribution in [0.4, 0.5) is 0 Å². The molecule has 2 aromatic rings. The topological polar surface area (TPSA) is 63.6 Å². The van der Waals surface area contributed by atoms with E-state index < -0.39 is 0 Å². The van der Waals surface area contributed by atoms with Crippen molar-refractivity contribution in [2.24, 2.45) is 5.10 Å². The number of carbonyl (C=O) groups excluding carboxylic acids is 1. The molecule has 1 aromatic carbocycles. The number of hydrazone groups is 1. The number of nitrogens with one attached hydrogen (secondary N) is 1. The number of unbranched alkanes of at least 4 members (excludes halogenated alkanes) is 1. The molecule has 1 amide bonds. The van der Waals surface area contributed by atoms with Crippen LogP contribution in [0.3, 0.4) is 0 Å². The number of nitrogens with zero attached hydrogens (tertiary/aromatic N) is 2. The second-order valence-corrected chi connectivity index (χ2v) is 6.16. The van der Waals surface area contributed by atoms with Gasteiger partial charge in [-0.15, -0.1) is 11.3 Å². The number of aryl methyl sites for hydroxylation is 1. The Hall–Kier alpha value is -2.21. The Morgan fingerprint density at radius 1 is 1.39 bits per heavy atom. The Balaban J connectivity index is 1.77. The fraction of sp³-hybridized carbons (Fsp3) is 0.353. The van der Waals surface area contributed by atoms with E-state index in [1.54, 1.807) is 6.21 Å². The Kier molecular flexibility index (Phi) is 6.75. The third-order valence-corrected chi connectivity index (χ3v) is 3.88. The van der Waals surface area contributed by atoms with Crippen LogP contribution in [-0.2, 0) is 11.2 Å². The number of amides is 1. The van der Waals surface area contributed by atoms with E-state index in [2.05, 4.69) is 22.4 Å². The maximum absolute atomic E-state index is 11.7. The molecule has 0 radical (unpaired) electrons. The summed E-state index contributed by atoms with van der Waals surface area (Å²) in [6.07, 6.45) is 4.02. The van der Waals surface area contributed by atoms with E-state index in [0.29, 0.717) is 0 Å². The molecular weight excluding hydrogens is 310 g/mol. The number of carbonyl (C=O) groups is 1. The van der Waals surface area contributed by atoms with Gasteiger partial charge in [0.1, 0.15) is 5.75 Å². The van der Waals surface area contributed by atoms with Crippen LogP contribution in [0.15, 0.2) is 34.7 Å². The molecule has 0 atom stereocenters. The monoisotopic (exact) mass is 331 g/mol. The summed E-state index contributed by atoms with van der Waals surface area (Å²) in [6, 6.07) is 7.61. The van der Waals surface area contributed by atoms with E-state index in [-0.39, 0.29) is 12.3 Å². The fourth-order valence-electron chi connectivity index (χ4n) is 1.86. The molecule has 0 aliphatic heterocycles. The molecule has 1 heterocycles. The first kappa shape index (κ1) is 17.1. The molecule has 0 fully saturated rings. The number of ether oxygens (including phenoxy) is 1. The van der Waals surface area contributed by atoms with Gasteiger partial charge in [-0.1, -0.05) is 13.3 Å². The zero-order valence-corrected chi connectivity index (χ0v) is 14.2. The van der Waals surface area contributed by atoms with Crippen molar-refractivity contribution in [1.82, 2.24) is 10.4 Å². The van der Waals surface area contributed by atoms with Crippen LogP contribution in [0.2, 0.25) is 0 Å². The minimum atomic E-state index is -0.175. The van der Waals surface area contributed by atoms with E-state index >= 15 is 0 Å². The number of aromatic nitrogens is 1. The van der Waals surface area contributed by atoms with Crippen LogP contribution >= 0.6 is 11.3 Å². The molecular formula is C17H21N3O2S. The zero-order valence-electron chi connectivity index (χ0n) is 13.4. The zero-order chi connectivity index (χ0) is 16.5. The second-order valence-electron chi connectivity index (χ2n) is 5.10. The van der Waals surface area contributed by atoms with Gasteiger partial charge in [-0.2, -0.15) is 5.10 Å². The van der Waals surface area contributed by atoms with Crippen molar-refractivity contribution in [2.75, 3.05) is 6.61 Å². The predicted octanol–water partition coefficient (Wildman–Crippen LogP) is 3.32. The smallest absolute Gasteiger partial charge is 0.246 e. The van der Waals surface area contributed by atoms with Crippen LogP contribution in [0.5, 0.6) is 5.75 Å². The highest BCUT2D eigenvalue weighted by molar-refractivity contribution is 7.09. The van der Waals surface area contributed by atoms with Gasteiger partial charge in [0.05, 0.1) is 29.9 Å². The highest BCUT2D eigenvalue weighted by atomic mass is 32.1. The van der Waals surface area contributed by atoms with Crippen molar-refractivity contribution in [3.8, 4) is 5.75 Å². The van der Waals surface area contributed by atoms with Crippen LogP contribution in [0, 0.1) is 6.92 Å². The summed E-state index contributed by atoms with van der Waals surface area (Å²) >= 11 is 1.53. The SMILES string of the molecule is CCCCOc1ccc(/C=N\NC(=O)Cc2csc(C)n2)cc1. The highest BCUT2D eigenvalue weighted by Gasteiger charge is 2.04. The molecule has 1 N–H and O–H groups in total. The molecule has 2 rings (SSSR count).